The van der Waals surface area contributed by atoms with Gasteiger partial charge >= 0.3 is 0 Å². The number of hydrogen-bond donors (Lipinski definition) is 0. The fourth-order valence-corrected chi connectivity index (χ4v) is 3.15. The lowest BCUT2D eigenvalue weighted by atomic mass is 10.0. The van der Waals surface area contributed by atoms with E-state index >= 15 is 0 Å². The van der Waals surface area contributed by atoms with Crippen LogP contribution >= 0.6 is 11.8 Å². The Bertz CT molecular complexity index is 162. The smallest absolute Gasteiger partial charge is 0.132 e. The lowest BCUT2D eigenvalue weighted by molar-refractivity contribution is -0.119. The van der Waals surface area contributed by atoms with Crippen LogP contribution in [0, 0.1) is 0 Å². The topological polar surface area (TPSA) is 17.1 Å². The zero-order valence-corrected chi connectivity index (χ0v) is 11.3. The SMILES string of the molecule is O=C1CCCCCCCCCCSCCC1. The van der Waals surface area contributed by atoms with Crippen LogP contribution in [0.4, 0.5) is 0 Å². The molecule has 0 atom stereocenters. The quantitative estimate of drug-likeness (QED) is 0.618. The molecule has 1 fully saturated rings. The van der Waals surface area contributed by atoms with Crippen molar-refractivity contribution < 1.29 is 4.79 Å². The Labute approximate surface area is 105 Å². The molecule has 0 bridgehead atoms. The van der Waals surface area contributed by atoms with Gasteiger partial charge in [-0.3, -0.25) is 4.79 Å². The summed E-state index contributed by atoms with van der Waals surface area (Å²) in [5.41, 5.74) is 0. The summed E-state index contributed by atoms with van der Waals surface area (Å²) in [6, 6.07) is 0. The molecule has 0 aromatic carbocycles. The zero-order valence-electron chi connectivity index (χ0n) is 10.5. The Kier molecular flexibility index (Phi) is 8.97. The molecule has 0 aromatic heterocycles. The predicted molar refractivity (Wildman–Crippen MR) is 73.1 cm³/mol. The minimum absolute atomic E-state index is 0.496. The number of thioether (sulfide) groups is 1. The van der Waals surface area contributed by atoms with Gasteiger partial charge in [0.1, 0.15) is 5.78 Å². The summed E-state index contributed by atoms with van der Waals surface area (Å²) in [4.78, 5) is 11.5. The first kappa shape index (κ1) is 14.1. The summed E-state index contributed by atoms with van der Waals surface area (Å²) in [7, 11) is 0. The fraction of sp³-hybridized carbons (Fsp3) is 0.929. The van der Waals surface area contributed by atoms with Crippen LogP contribution < -0.4 is 0 Å². The molecule has 16 heavy (non-hydrogen) atoms. The third kappa shape index (κ3) is 8.20. The van der Waals surface area contributed by atoms with Crippen LogP contribution in [0.3, 0.4) is 0 Å². The van der Waals surface area contributed by atoms with Crippen molar-refractivity contribution in [2.75, 3.05) is 11.5 Å². The summed E-state index contributed by atoms with van der Waals surface area (Å²) in [6.07, 6.45) is 13.5. The van der Waals surface area contributed by atoms with Gasteiger partial charge in [-0.05, 0) is 30.8 Å². The van der Waals surface area contributed by atoms with Crippen molar-refractivity contribution in [3.05, 3.63) is 0 Å². The van der Waals surface area contributed by atoms with Crippen molar-refractivity contribution in [3.63, 3.8) is 0 Å². The standard InChI is InChI=1S/C14H26OS/c15-14-10-7-5-3-1-2-4-6-8-12-16-13-9-11-14/h1-13H2. The molecule has 1 nitrogen and oxygen atoms in total. The fourth-order valence-electron chi connectivity index (χ4n) is 2.19. The number of hydrogen-bond acceptors (Lipinski definition) is 2. The van der Waals surface area contributed by atoms with Crippen molar-refractivity contribution in [2.24, 2.45) is 0 Å². The Hall–Kier alpha value is 0.0200. The molecule has 1 aliphatic rings. The van der Waals surface area contributed by atoms with Gasteiger partial charge in [0, 0.05) is 12.8 Å². The minimum Gasteiger partial charge on any atom is -0.300 e. The van der Waals surface area contributed by atoms with Crippen LogP contribution in [0.1, 0.15) is 70.6 Å². The van der Waals surface area contributed by atoms with E-state index in [0.717, 1.165) is 25.7 Å². The van der Waals surface area contributed by atoms with Gasteiger partial charge in [-0.25, -0.2) is 0 Å². The van der Waals surface area contributed by atoms with E-state index in [1.807, 2.05) is 11.8 Å². The molecule has 2 heteroatoms. The molecule has 0 N–H and O–H groups in total. The van der Waals surface area contributed by atoms with E-state index in [1.165, 1.54) is 56.5 Å². The maximum atomic E-state index is 11.5. The zero-order chi connectivity index (χ0) is 11.5. The maximum Gasteiger partial charge on any atom is 0.132 e. The molecule has 0 aliphatic carbocycles. The molecule has 0 radical (unpaired) electrons. The molecular weight excluding hydrogens is 216 g/mol. The van der Waals surface area contributed by atoms with Gasteiger partial charge in [0.05, 0.1) is 0 Å². The van der Waals surface area contributed by atoms with E-state index in [1.54, 1.807) is 0 Å². The van der Waals surface area contributed by atoms with E-state index in [9.17, 15) is 4.79 Å². The van der Waals surface area contributed by atoms with Crippen LogP contribution in [-0.2, 0) is 4.79 Å². The van der Waals surface area contributed by atoms with Crippen LogP contribution in [0.5, 0.6) is 0 Å². The highest BCUT2D eigenvalue weighted by Gasteiger charge is 2.02. The number of Topliss-reactive ketones (excluding diaryl/α,β-unsaturated/α-hetero) is 1. The number of carbonyl (C=O) groups excluding carboxylic acids is 1. The summed E-state index contributed by atoms with van der Waals surface area (Å²) in [5.74, 6) is 2.98. The second kappa shape index (κ2) is 10.2. The van der Waals surface area contributed by atoms with Crippen molar-refractivity contribution in [1.82, 2.24) is 0 Å². The minimum atomic E-state index is 0.496. The Morgan fingerprint density at radius 2 is 1.12 bits per heavy atom. The average molecular weight is 242 g/mol. The van der Waals surface area contributed by atoms with Gasteiger partial charge in [0.2, 0.25) is 0 Å². The normalized spacial score (nSPS) is 23.4. The molecule has 1 heterocycles. The van der Waals surface area contributed by atoms with E-state index in [4.69, 9.17) is 0 Å². The van der Waals surface area contributed by atoms with E-state index in [0.29, 0.717) is 5.78 Å². The van der Waals surface area contributed by atoms with Crippen molar-refractivity contribution in [1.29, 1.82) is 0 Å². The van der Waals surface area contributed by atoms with Crippen LogP contribution in [0.2, 0.25) is 0 Å². The molecule has 94 valence electrons. The largest absolute Gasteiger partial charge is 0.300 e. The monoisotopic (exact) mass is 242 g/mol. The second-order valence-electron chi connectivity index (χ2n) is 4.83. The summed E-state index contributed by atoms with van der Waals surface area (Å²) < 4.78 is 0. The molecule has 0 spiro atoms. The first-order valence-corrected chi connectivity index (χ1v) is 8.14. The number of ketones is 1. The summed E-state index contributed by atoms with van der Waals surface area (Å²) >= 11 is 2.03. The molecule has 1 rings (SSSR count). The first-order valence-electron chi connectivity index (χ1n) is 6.99. The molecule has 1 saturated heterocycles. The Balaban J connectivity index is 2.13. The van der Waals surface area contributed by atoms with E-state index in [2.05, 4.69) is 0 Å². The highest BCUT2D eigenvalue weighted by atomic mass is 32.2. The second-order valence-corrected chi connectivity index (χ2v) is 6.06. The third-order valence-electron chi connectivity index (χ3n) is 3.24. The van der Waals surface area contributed by atoms with E-state index < -0.39 is 0 Å². The molecule has 0 saturated carbocycles. The first-order chi connectivity index (χ1) is 7.89. The molecular formula is C14H26OS. The van der Waals surface area contributed by atoms with Gasteiger partial charge in [0.25, 0.3) is 0 Å². The summed E-state index contributed by atoms with van der Waals surface area (Å²) in [5, 5.41) is 0. The van der Waals surface area contributed by atoms with Crippen LogP contribution in [0.25, 0.3) is 0 Å². The van der Waals surface area contributed by atoms with Crippen LogP contribution in [0.15, 0.2) is 0 Å². The lowest BCUT2D eigenvalue weighted by Gasteiger charge is -2.01. The molecule has 1 aliphatic heterocycles. The molecule has 0 amide bonds. The number of rotatable bonds is 0. The van der Waals surface area contributed by atoms with Crippen molar-refractivity contribution in [3.8, 4) is 0 Å². The lowest BCUT2D eigenvalue weighted by Crippen LogP contribution is -1.98. The molecule has 0 aromatic rings. The highest BCUT2D eigenvalue weighted by Crippen LogP contribution is 2.14. The van der Waals surface area contributed by atoms with Gasteiger partial charge in [0.15, 0.2) is 0 Å². The molecule has 0 unspecified atom stereocenters. The third-order valence-corrected chi connectivity index (χ3v) is 4.39. The van der Waals surface area contributed by atoms with Crippen LogP contribution in [-0.4, -0.2) is 17.3 Å². The maximum absolute atomic E-state index is 11.5. The predicted octanol–water partition coefficient (Wildman–Crippen LogP) is 4.59. The average Bonchev–Trinajstić information content (AvgIpc) is 2.29. The van der Waals surface area contributed by atoms with E-state index in [-0.39, 0.29) is 0 Å². The van der Waals surface area contributed by atoms with Gasteiger partial charge < -0.3 is 0 Å². The van der Waals surface area contributed by atoms with Gasteiger partial charge in [-0.1, -0.05) is 38.5 Å². The Morgan fingerprint density at radius 1 is 0.625 bits per heavy atom. The van der Waals surface area contributed by atoms with Gasteiger partial charge in [-0.15, -0.1) is 0 Å². The summed E-state index contributed by atoms with van der Waals surface area (Å²) in [6.45, 7) is 0. The van der Waals surface area contributed by atoms with Crippen molar-refractivity contribution in [2.45, 2.75) is 70.6 Å². The van der Waals surface area contributed by atoms with Crippen molar-refractivity contribution >= 4 is 17.5 Å². The Morgan fingerprint density at radius 3 is 1.88 bits per heavy atom. The number of carbonyl (C=O) groups is 1. The van der Waals surface area contributed by atoms with Gasteiger partial charge in [-0.2, -0.15) is 11.8 Å². The highest BCUT2D eigenvalue weighted by molar-refractivity contribution is 7.99.